The predicted octanol–water partition coefficient (Wildman–Crippen LogP) is 4.80. The summed E-state index contributed by atoms with van der Waals surface area (Å²) in [6.07, 6.45) is 5.06. The highest BCUT2D eigenvalue weighted by molar-refractivity contribution is 5.82. The van der Waals surface area contributed by atoms with E-state index in [1.54, 1.807) is 0 Å². The molecule has 4 rings (SSSR count). The Morgan fingerprint density at radius 2 is 2.06 bits per heavy atom. The molecule has 1 aliphatic heterocycles. The molecule has 0 amide bonds. The SMILES string of the molecule is CCC[C@@H](c1nnnn1C(C)(C)CC)N(Cc1cc2cc(C)cc(C)c2[nH]c1=O)C[C@@H]1CCCO1. The van der Waals surface area contributed by atoms with Gasteiger partial charge in [0.15, 0.2) is 5.82 Å². The van der Waals surface area contributed by atoms with Gasteiger partial charge in [-0.25, -0.2) is 4.68 Å². The summed E-state index contributed by atoms with van der Waals surface area (Å²) in [4.78, 5) is 18.7. The maximum Gasteiger partial charge on any atom is 0.252 e. The molecule has 8 heteroatoms. The van der Waals surface area contributed by atoms with Gasteiger partial charge in [0.1, 0.15) is 0 Å². The van der Waals surface area contributed by atoms with E-state index in [0.717, 1.165) is 73.1 Å². The fourth-order valence-electron chi connectivity index (χ4n) is 5.15. The van der Waals surface area contributed by atoms with Gasteiger partial charge in [-0.15, -0.1) is 5.10 Å². The first-order chi connectivity index (χ1) is 16.7. The van der Waals surface area contributed by atoms with Gasteiger partial charge in [-0.2, -0.15) is 0 Å². The summed E-state index contributed by atoms with van der Waals surface area (Å²) in [5.41, 5.74) is 3.71. The first-order valence-corrected chi connectivity index (χ1v) is 13.0. The number of tetrazole rings is 1. The van der Waals surface area contributed by atoms with Gasteiger partial charge in [0, 0.05) is 25.3 Å². The second-order valence-corrected chi connectivity index (χ2v) is 10.7. The van der Waals surface area contributed by atoms with Crippen LogP contribution in [0.25, 0.3) is 10.9 Å². The molecule has 1 saturated heterocycles. The molecule has 35 heavy (non-hydrogen) atoms. The second-order valence-electron chi connectivity index (χ2n) is 10.7. The van der Waals surface area contributed by atoms with Crippen molar-refractivity contribution in [3.63, 3.8) is 0 Å². The molecule has 0 saturated carbocycles. The Kier molecular flexibility index (Phi) is 7.71. The number of benzene rings is 1. The molecule has 8 nitrogen and oxygen atoms in total. The van der Waals surface area contributed by atoms with E-state index in [1.807, 2.05) is 11.6 Å². The Morgan fingerprint density at radius 1 is 1.26 bits per heavy atom. The van der Waals surface area contributed by atoms with Gasteiger partial charge in [0.25, 0.3) is 5.56 Å². The molecule has 2 aromatic heterocycles. The molecule has 1 aromatic carbocycles. The van der Waals surface area contributed by atoms with Crippen molar-refractivity contribution in [2.45, 2.75) is 97.9 Å². The van der Waals surface area contributed by atoms with Gasteiger partial charge < -0.3 is 9.72 Å². The monoisotopic (exact) mass is 480 g/mol. The van der Waals surface area contributed by atoms with Crippen LogP contribution in [0.4, 0.5) is 0 Å². The Labute approximate surface area is 208 Å². The minimum absolute atomic E-state index is 0.0145. The number of nitrogens with one attached hydrogen (secondary N) is 1. The second kappa shape index (κ2) is 10.6. The number of pyridine rings is 1. The van der Waals surface area contributed by atoms with E-state index in [0.29, 0.717) is 6.54 Å². The number of aryl methyl sites for hydroxylation is 2. The lowest BCUT2D eigenvalue weighted by Crippen LogP contribution is -2.39. The van der Waals surface area contributed by atoms with Crippen LogP contribution < -0.4 is 5.56 Å². The summed E-state index contributed by atoms with van der Waals surface area (Å²) < 4.78 is 8.01. The smallest absolute Gasteiger partial charge is 0.252 e. The Morgan fingerprint density at radius 3 is 2.74 bits per heavy atom. The van der Waals surface area contributed by atoms with Crippen LogP contribution in [-0.2, 0) is 16.8 Å². The molecular formula is C27H40N6O2. The minimum Gasteiger partial charge on any atom is -0.377 e. The molecule has 2 atom stereocenters. The van der Waals surface area contributed by atoms with Crippen LogP contribution in [0, 0.1) is 13.8 Å². The third-order valence-electron chi connectivity index (χ3n) is 7.44. The van der Waals surface area contributed by atoms with E-state index < -0.39 is 0 Å². The molecule has 1 fully saturated rings. The zero-order valence-corrected chi connectivity index (χ0v) is 22.1. The molecule has 0 unspecified atom stereocenters. The van der Waals surface area contributed by atoms with Crippen molar-refractivity contribution in [1.82, 2.24) is 30.1 Å². The maximum absolute atomic E-state index is 13.2. The van der Waals surface area contributed by atoms with E-state index in [4.69, 9.17) is 4.74 Å². The standard InChI is InChI=1S/C27H40N6O2/c1-7-10-23(25-29-30-31-33(25)27(5,6)8-2)32(17-22-11-9-12-35-22)16-21-15-20-14-18(3)13-19(4)24(20)28-26(21)34/h13-15,22-23H,7-12,16-17H2,1-6H3,(H,28,34)/t22-,23-/m0/s1. The molecule has 0 aliphatic carbocycles. The zero-order valence-electron chi connectivity index (χ0n) is 22.1. The number of hydrogen-bond acceptors (Lipinski definition) is 6. The molecule has 190 valence electrons. The largest absolute Gasteiger partial charge is 0.377 e. The number of aromatic amines is 1. The molecule has 0 bridgehead atoms. The van der Waals surface area contributed by atoms with Gasteiger partial charge in [0.05, 0.1) is 23.2 Å². The van der Waals surface area contributed by atoms with Crippen LogP contribution in [0.15, 0.2) is 23.0 Å². The average Bonchev–Trinajstić information content (AvgIpc) is 3.51. The quantitative estimate of drug-likeness (QED) is 0.448. The molecule has 0 spiro atoms. The van der Waals surface area contributed by atoms with E-state index in [9.17, 15) is 4.79 Å². The third-order valence-corrected chi connectivity index (χ3v) is 7.44. The lowest BCUT2D eigenvalue weighted by atomic mass is 10.00. The molecule has 1 aliphatic rings. The van der Waals surface area contributed by atoms with Crippen molar-refractivity contribution in [2.75, 3.05) is 13.2 Å². The van der Waals surface area contributed by atoms with Gasteiger partial charge in [-0.05, 0) is 86.9 Å². The molecule has 0 radical (unpaired) electrons. The summed E-state index contributed by atoms with van der Waals surface area (Å²) in [6, 6.07) is 6.28. The normalized spacial score (nSPS) is 17.5. The number of nitrogens with zero attached hydrogens (tertiary/aromatic N) is 5. The van der Waals surface area contributed by atoms with E-state index in [1.165, 1.54) is 5.56 Å². The average molecular weight is 481 g/mol. The van der Waals surface area contributed by atoms with Crippen LogP contribution in [0.5, 0.6) is 0 Å². The van der Waals surface area contributed by atoms with Crippen LogP contribution >= 0.6 is 0 Å². The summed E-state index contributed by atoms with van der Waals surface area (Å²) in [7, 11) is 0. The number of ether oxygens (including phenoxy) is 1. The Balaban J connectivity index is 1.76. The summed E-state index contributed by atoms with van der Waals surface area (Å²) >= 11 is 0. The number of H-pyrrole nitrogens is 1. The summed E-state index contributed by atoms with van der Waals surface area (Å²) in [5, 5.41) is 14.0. The first-order valence-electron chi connectivity index (χ1n) is 13.0. The van der Waals surface area contributed by atoms with Crippen molar-refractivity contribution >= 4 is 10.9 Å². The highest BCUT2D eigenvalue weighted by Gasteiger charge is 2.33. The van der Waals surface area contributed by atoms with Crippen LogP contribution in [0.2, 0.25) is 0 Å². The number of fused-ring (bicyclic) bond motifs is 1. The van der Waals surface area contributed by atoms with Crippen LogP contribution in [-0.4, -0.2) is 49.3 Å². The van der Waals surface area contributed by atoms with Gasteiger partial charge in [-0.1, -0.05) is 31.9 Å². The van der Waals surface area contributed by atoms with Crippen molar-refractivity contribution < 1.29 is 4.74 Å². The van der Waals surface area contributed by atoms with Gasteiger partial charge in [0.2, 0.25) is 0 Å². The topological polar surface area (TPSA) is 88.9 Å². The maximum atomic E-state index is 13.2. The fourth-order valence-corrected chi connectivity index (χ4v) is 5.15. The molecule has 3 heterocycles. The first kappa shape index (κ1) is 25.5. The van der Waals surface area contributed by atoms with E-state index in [-0.39, 0.29) is 23.2 Å². The highest BCUT2D eigenvalue weighted by atomic mass is 16.5. The molecule has 1 N–H and O–H groups in total. The van der Waals surface area contributed by atoms with Crippen molar-refractivity contribution in [3.8, 4) is 0 Å². The van der Waals surface area contributed by atoms with Crippen molar-refractivity contribution in [1.29, 1.82) is 0 Å². The minimum atomic E-state index is -0.199. The number of aromatic nitrogens is 5. The Hall–Kier alpha value is -2.58. The van der Waals surface area contributed by atoms with E-state index in [2.05, 4.69) is 78.2 Å². The van der Waals surface area contributed by atoms with Crippen molar-refractivity contribution in [2.24, 2.45) is 0 Å². The zero-order chi connectivity index (χ0) is 25.2. The Bertz CT molecular complexity index is 1210. The lowest BCUT2D eigenvalue weighted by molar-refractivity contribution is 0.0462. The van der Waals surface area contributed by atoms with Crippen molar-refractivity contribution in [3.05, 3.63) is 51.1 Å². The molecule has 3 aromatic rings. The molecular weight excluding hydrogens is 440 g/mol. The number of hydrogen-bond donors (Lipinski definition) is 1. The van der Waals surface area contributed by atoms with E-state index >= 15 is 0 Å². The van der Waals surface area contributed by atoms with Gasteiger partial charge >= 0.3 is 0 Å². The van der Waals surface area contributed by atoms with Crippen LogP contribution in [0.3, 0.4) is 0 Å². The third kappa shape index (κ3) is 5.48. The predicted molar refractivity (Wildman–Crippen MR) is 139 cm³/mol. The van der Waals surface area contributed by atoms with Crippen LogP contribution in [0.1, 0.15) is 88.4 Å². The lowest BCUT2D eigenvalue weighted by Gasteiger charge is -2.34. The number of rotatable bonds is 10. The van der Waals surface area contributed by atoms with Gasteiger partial charge in [-0.3, -0.25) is 9.69 Å². The highest BCUT2D eigenvalue weighted by Crippen LogP contribution is 2.31. The summed E-state index contributed by atoms with van der Waals surface area (Å²) in [6.45, 7) is 14.9. The fraction of sp³-hybridized carbons (Fsp3) is 0.630. The summed E-state index contributed by atoms with van der Waals surface area (Å²) in [5.74, 6) is 0.862.